The number of furan rings is 1. The number of nitrogens with zero attached hydrogens (tertiary/aromatic N) is 3. The van der Waals surface area contributed by atoms with Gasteiger partial charge in [-0.05, 0) is 106 Å². The van der Waals surface area contributed by atoms with Gasteiger partial charge in [-0.15, -0.1) is 0 Å². The van der Waals surface area contributed by atoms with Crippen LogP contribution in [0, 0.1) is 0 Å². The van der Waals surface area contributed by atoms with Crippen LogP contribution in [0.3, 0.4) is 0 Å². The highest BCUT2D eigenvalue weighted by Gasteiger charge is 2.54. The van der Waals surface area contributed by atoms with E-state index in [2.05, 4.69) is 221 Å². The van der Waals surface area contributed by atoms with Gasteiger partial charge in [-0.2, -0.15) is 0 Å². The molecule has 0 spiro atoms. The molecule has 320 valence electrons. The van der Waals surface area contributed by atoms with Crippen molar-refractivity contribution >= 4 is 119 Å². The minimum Gasteiger partial charge on any atom is -0.458 e. The van der Waals surface area contributed by atoms with E-state index in [1.807, 2.05) is 6.07 Å². The van der Waals surface area contributed by atoms with E-state index in [1.165, 1.54) is 0 Å². The normalized spacial score (nSPS) is 13.5. The van der Waals surface area contributed by atoms with E-state index < -0.39 is 0 Å². The maximum Gasteiger partial charge on any atom is 0.257 e. The average Bonchev–Trinajstić information content (AvgIpc) is 3.78. The van der Waals surface area contributed by atoms with Crippen LogP contribution in [0.15, 0.2) is 217 Å². The molecule has 0 fully saturated rings. The van der Waals surface area contributed by atoms with Gasteiger partial charge in [0.15, 0.2) is 11.5 Å². The summed E-state index contributed by atoms with van der Waals surface area (Å²) in [5.74, 6) is 4.69. The van der Waals surface area contributed by atoms with E-state index in [0.29, 0.717) is 0 Å². The van der Waals surface area contributed by atoms with Crippen LogP contribution in [0.4, 0.5) is 51.2 Å². The molecular formula is C60H35B2N3O4. The van der Waals surface area contributed by atoms with Gasteiger partial charge in [0.05, 0.1) is 11.4 Å². The SMILES string of the molecule is c1ccc(N(c2ccccc2)c2ccc3c(c2)Oc2cc4c5c6c2B3c2cccc3c2N6c2c(cc6oc7ccccc7c6c2B5c2ccc(N(c5ccccc5)c5ccccc5)cc2O4)O3)cc1. The smallest absolute Gasteiger partial charge is 0.257 e. The first-order valence-corrected chi connectivity index (χ1v) is 23.5. The quantitative estimate of drug-likeness (QED) is 0.154. The van der Waals surface area contributed by atoms with E-state index >= 15 is 0 Å². The van der Waals surface area contributed by atoms with Crippen LogP contribution in [0.1, 0.15) is 0 Å². The first-order valence-electron chi connectivity index (χ1n) is 23.5. The summed E-state index contributed by atoms with van der Waals surface area (Å²) >= 11 is 0. The Morgan fingerprint density at radius 1 is 0.319 bits per heavy atom. The Morgan fingerprint density at radius 2 is 0.841 bits per heavy atom. The summed E-state index contributed by atoms with van der Waals surface area (Å²) in [7, 11) is 0. The summed E-state index contributed by atoms with van der Waals surface area (Å²) < 4.78 is 28.5. The second-order valence-corrected chi connectivity index (χ2v) is 18.3. The van der Waals surface area contributed by atoms with Crippen molar-refractivity contribution in [1.82, 2.24) is 0 Å². The van der Waals surface area contributed by atoms with Gasteiger partial charge < -0.3 is 33.3 Å². The van der Waals surface area contributed by atoms with Gasteiger partial charge in [0.2, 0.25) is 0 Å². The van der Waals surface area contributed by atoms with Crippen molar-refractivity contribution in [2.24, 2.45) is 0 Å². The first-order chi connectivity index (χ1) is 34.2. The molecule has 0 radical (unpaired) electrons. The summed E-state index contributed by atoms with van der Waals surface area (Å²) in [5.41, 5.74) is 17.7. The number of hydrogen-bond acceptors (Lipinski definition) is 7. The molecule has 10 aromatic carbocycles. The number of rotatable bonds is 6. The molecule has 5 aliphatic rings. The molecule has 0 N–H and O–H groups in total. The van der Waals surface area contributed by atoms with Crippen molar-refractivity contribution < 1.29 is 18.6 Å². The molecule has 11 aromatic rings. The highest BCUT2D eigenvalue weighted by atomic mass is 16.5. The zero-order valence-electron chi connectivity index (χ0n) is 36.8. The van der Waals surface area contributed by atoms with Gasteiger partial charge in [0.25, 0.3) is 13.4 Å². The molecule has 0 aliphatic carbocycles. The van der Waals surface area contributed by atoms with Gasteiger partial charge in [0.1, 0.15) is 34.2 Å². The molecule has 69 heavy (non-hydrogen) atoms. The van der Waals surface area contributed by atoms with E-state index in [1.54, 1.807) is 0 Å². The summed E-state index contributed by atoms with van der Waals surface area (Å²) in [5, 5.41) is 2.15. The van der Waals surface area contributed by atoms with Crippen molar-refractivity contribution in [3.05, 3.63) is 212 Å². The van der Waals surface area contributed by atoms with Crippen LogP contribution in [0.25, 0.3) is 21.9 Å². The maximum absolute atomic E-state index is 7.36. The number of anilines is 9. The Morgan fingerprint density at radius 3 is 1.43 bits per heavy atom. The van der Waals surface area contributed by atoms with Crippen LogP contribution in [0.2, 0.25) is 0 Å². The molecule has 7 nitrogen and oxygen atoms in total. The molecule has 16 rings (SSSR count). The van der Waals surface area contributed by atoms with Gasteiger partial charge in [0, 0.05) is 74.8 Å². The highest BCUT2D eigenvalue weighted by molar-refractivity contribution is 7.04. The number of ether oxygens (including phenoxy) is 3. The van der Waals surface area contributed by atoms with Crippen molar-refractivity contribution in [3.8, 4) is 34.5 Å². The number of hydrogen-bond donors (Lipinski definition) is 0. The Bertz CT molecular complexity index is 3900. The van der Waals surface area contributed by atoms with Crippen LogP contribution in [-0.2, 0) is 0 Å². The summed E-state index contributed by atoms with van der Waals surface area (Å²) in [4.78, 5) is 7.04. The molecule has 5 aliphatic heterocycles. The van der Waals surface area contributed by atoms with Gasteiger partial charge in [-0.25, -0.2) is 0 Å². The molecule has 1 aromatic heterocycles. The second kappa shape index (κ2) is 13.7. The van der Waals surface area contributed by atoms with Crippen molar-refractivity contribution in [2.45, 2.75) is 0 Å². The zero-order valence-corrected chi connectivity index (χ0v) is 36.8. The average molecular weight is 884 g/mol. The van der Waals surface area contributed by atoms with Crippen LogP contribution >= 0.6 is 0 Å². The molecule has 0 saturated carbocycles. The zero-order chi connectivity index (χ0) is 44.9. The van der Waals surface area contributed by atoms with E-state index in [9.17, 15) is 0 Å². The molecule has 0 unspecified atom stereocenters. The van der Waals surface area contributed by atoms with Gasteiger partial charge >= 0.3 is 0 Å². The Kier molecular flexibility index (Phi) is 7.39. The predicted molar refractivity (Wildman–Crippen MR) is 280 cm³/mol. The van der Waals surface area contributed by atoms with Crippen molar-refractivity contribution in [1.29, 1.82) is 0 Å². The minimum absolute atomic E-state index is 0.147. The summed E-state index contributed by atoms with van der Waals surface area (Å²) in [6.45, 7) is -0.383. The van der Waals surface area contributed by atoms with Crippen LogP contribution in [0.5, 0.6) is 34.5 Å². The van der Waals surface area contributed by atoms with Crippen molar-refractivity contribution in [3.63, 3.8) is 0 Å². The number of fused-ring (bicyclic) bond motifs is 10. The standard InChI is InChI=1S/C60H35B2N3O4/c1-5-16-36(17-6-1)63(37-18-7-2-8-19-37)40-28-30-43-48(32-40)68-51-35-52-56-60-55(51)61(43)45-25-15-27-47-58(45)65(60)59-53(67-47)34-50-54(42-24-13-14-26-46(42)66-50)57(59)62(56)44-31-29-41(33-49(44)69-52)64(38-20-9-3-10-21-38)39-22-11-4-12-23-39/h1-35H. The van der Waals surface area contributed by atoms with Crippen molar-refractivity contribution in [2.75, 3.05) is 14.7 Å². The van der Waals surface area contributed by atoms with E-state index in [0.717, 1.165) is 140 Å². The Labute approximate surface area is 397 Å². The molecular weight excluding hydrogens is 848 g/mol. The van der Waals surface area contributed by atoms with Gasteiger partial charge in [-0.3, -0.25) is 0 Å². The fraction of sp³-hybridized carbons (Fsp3) is 0. The minimum atomic E-state index is -0.236. The fourth-order valence-corrected chi connectivity index (χ4v) is 12.0. The van der Waals surface area contributed by atoms with Crippen LogP contribution < -0.4 is 61.7 Å². The largest absolute Gasteiger partial charge is 0.458 e. The lowest BCUT2D eigenvalue weighted by atomic mass is 9.29. The first kappa shape index (κ1) is 37.1. The third-order valence-electron chi connectivity index (χ3n) is 14.7. The molecule has 0 saturated heterocycles. The Hall–Kier alpha value is -9.07. The third kappa shape index (κ3) is 5.08. The van der Waals surface area contributed by atoms with Gasteiger partial charge in [-0.1, -0.05) is 115 Å². The molecule has 0 atom stereocenters. The predicted octanol–water partition coefficient (Wildman–Crippen LogP) is 12.0. The molecule has 9 heteroatoms. The fourth-order valence-electron chi connectivity index (χ4n) is 12.0. The van der Waals surface area contributed by atoms with E-state index in [-0.39, 0.29) is 13.4 Å². The summed E-state index contributed by atoms with van der Waals surface area (Å²) in [6, 6.07) is 74.6. The highest BCUT2D eigenvalue weighted by Crippen LogP contribution is 2.56. The van der Waals surface area contributed by atoms with Crippen LogP contribution in [-0.4, -0.2) is 13.4 Å². The lowest BCUT2D eigenvalue weighted by Crippen LogP contribution is -2.67. The monoisotopic (exact) mass is 883 g/mol. The molecule has 0 amide bonds. The lowest BCUT2D eigenvalue weighted by Gasteiger charge is -2.49. The second-order valence-electron chi connectivity index (χ2n) is 18.3. The Balaban J connectivity index is 0.960. The maximum atomic E-state index is 7.36. The third-order valence-corrected chi connectivity index (χ3v) is 14.7. The topological polar surface area (TPSA) is 50.6 Å². The molecule has 0 bridgehead atoms. The number of para-hydroxylation sites is 6. The molecule has 6 heterocycles. The summed E-state index contributed by atoms with van der Waals surface area (Å²) in [6.07, 6.45) is 0. The van der Waals surface area contributed by atoms with E-state index in [4.69, 9.17) is 18.6 Å². The lowest BCUT2D eigenvalue weighted by molar-refractivity contribution is 0.464. The number of benzene rings is 10.